The van der Waals surface area contributed by atoms with Gasteiger partial charge in [0.1, 0.15) is 5.82 Å². The molecule has 2 heterocycles. The van der Waals surface area contributed by atoms with Gasteiger partial charge in [-0.05, 0) is 56.3 Å². The number of amides is 1. The second-order valence-electron chi connectivity index (χ2n) is 8.39. The van der Waals surface area contributed by atoms with E-state index in [0.29, 0.717) is 6.54 Å². The van der Waals surface area contributed by atoms with Gasteiger partial charge in [0.2, 0.25) is 5.91 Å². The second-order valence-corrected chi connectivity index (χ2v) is 8.39. The van der Waals surface area contributed by atoms with Crippen molar-refractivity contribution in [3.8, 4) is 0 Å². The number of hydrogen-bond acceptors (Lipinski definition) is 2. The maximum atomic E-state index is 14.0. The fourth-order valence-electron chi connectivity index (χ4n) is 4.92. The average Bonchev–Trinajstić information content (AvgIpc) is 2.74. The molecule has 0 saturated carbocycles. The van der Waals surface area contributed by atoms with E-state index in [1.165, 1.54) is 6.07 Å². The van der Waals surface area contributed by atoms with Crippen LogP contribution in [0.3, 0.4) is 0 Å². The van der Waals surface area contributed by atoms with Crippen molar-refractivity contribution < 1.29 is 9.18 Å². The van der Waals surface area contributed by atoms with E-state index in [-0.39, 0.29) is 23.1 Å². The first-order valence-electron chi connectivity index (χ1n) is 10.4. The van der Waals surface area contributed by atoms with Crippen molar-refractivity contribution in [2.75, 3.05) is 26.2 Å². The van der Waals surface area contributed by atoms with Crippen LogP contribution in [0.1, 0.15) is 43.2 Å². The Morgan fingerprint density at radius 3 is 2.39 bits per heavy atom. The zero-order chi connectivity index (χ0) is 19.6. The standard InChI is InChI=1S/C24H29FN2O/c1-2-27-18-24(16-21(23(27)28)19-8-4-3-5-9-19)12-14-26(15-13-24)17-20-10-6-7-11-22(20)25/h3-11,21H,2,12-18H2,1H3/t21-/m0/s1. The molecule has 0 N–H and O–H groups in total. The SMILES string of the molecule is CCN1CC2(CCN(Cc3ccccc3F)CC2)C[C@@H](c2ccccc2)C1=O. The molecule has 1 amide bonds. The Kier molecular flexibility index (Phi) is 5.49. The number of likely N-dealkylation sites (tertiary alicyclic amines) is 2. The van der Waals surface area contributed by atoms with Crippen LogP contribution in [0.15, 0.2) is 54.6 Å². The average molecular weight is 381 g/mol. The summed E-state index contributed by atoms with van der Waals surface area (Å²) in [7, 11) is 0. The molecule has 0 aromatic heterocycles. The van der Waals surface area contributed by atoms with Gasteiger partial charge in [0.25, 0.3) is 0 Å². The molecule has 4 heteroatoms. The molecule has 0 radical (unpaired) electrons. The number of likely N-dealkylation sites (N-methyl/N-ethyl adjacent to an activating group) is 1. The van der Waals surface area contributed by atoms with Crippen LogP contribution in [0, 0.1) is 11.2 Å². The number of benzene rings is 2. The topological polar surface area (TPSA) is 23.6 Å². The van der Waals surface area contributed by atoms with Crippen molar-refractivity contribution in [2.24, 2.45) is 5.41 Å². The van der Waals surface area contributed by atoms with E-state index in [4.69, 9.17) is 0 Å². The molecule has 0 bridgehead atoms. The zero-order valence-corrected chi connectivity index (χ0v) is 16.6. The van der Waals surface area contributed by atoms with Crippen molar-refractivity contribution in [1.82, 2.24) is 9.80 Å². The van der Waals surface area contributed by atoms with Gasteiger partial charge >= 0.3 is 0 Å². The molecule has 2 saturated heterocycles. The fourth-order valence-corrected chi connectivity index (χ4v) is 4.92. The van der Waals surface area contributed by atoms with Crippen LogP contribution < -0.4 is 0 Å². The van der Waals surface area contributed by atoms with Gasteiger partial charge in [0.05, 0.1) is 5.92 Å². The minimum absolute atomic E-state index is 0.0342. The highest BCUT2D eigenvalue weighted by atomic mass is 19.1. The number of hydrogen-bond donors (Lipinski definition) is 0. The minimum Gasteiger partial charge on any atom is -0.342 e. The Balaban J connectivity index is 1.47. The van der Waals surface area contributed by atoms with E-state index in [2.05, 4.69) is 24.0 Å². The first-order chi connectivity index (χ1) is 13.6. The maximum Gasteiger partial charge on any atom is 0.230 e. The van der Waals surface area contributed by atoms with Gasteiger partial charge in [-0.1, -0.05) is 48.5 Å². The molecule has 1 atom stereocenters. The van der Waals surface area contributed by atoms with Gasteiger partial charge in [-0.25, -0.2) is 4.39 Å². The monoisotopic (exact) mass is 380 g/mol. The highest BCUT2D eigenvalue weighted by molar-refractivity contribution is 5.84. The molecule has 1 spiro atoms. The van der Waals surface area contributed by atoms with E-state index >= 15 is 0 Å². The van der Waals surface area contributed by atoms with Gasteiger partial charge < -0.3 is 4.90 Å². The van der Waals surface area contributed by atoms with Crippen LogP contribution in [0.4, 0.5) is 4.39 Å². The lowest BCUT2D eigenvalue weighted by molar-refractivity contribution is -0.141. The van der Waals surface area contributed by atoms with Gasteiger partial charge in [-0.3, -0.25) is 9.69 Å². The third-order valence-corrected chi connectivity index (χ3v) is 6.63. The van der Waals surface area contributed by atoms with Gasteiger partial charge in [0, 0.05) is 25.2 Å². The third-order valence-electron chi connectivity index (χ3n) is 6.63. The number of piperidine rings is 2. The summed E-state index contributed by atoms with van der Waals surface area (Å²) in [4.78, 5) is 17.4. The van der Waals surface area contributed by atoms with E-state index in [0.717, 1.165) is 56.6 Å². The Labute approximate surface area is 167 Å². The fraction of sp³-hybridized carbons (Fsp3) is 0.458. The predicted octanol–water partition coefficient (Wildman–Crippen LogP) is 4.44. The molecular weight excluding hydrogens is 351 g/mol. The van der Waals surface area contributed by atoms with Crippen LogP contribution >= 0.6 is 0 Å². The molecule has 2 aliphatic heterocycles. The smallest absolute Gasteiger partial charge is 0.230 e. The molecule has 0 unspecified atom stereocenters. The summed E-state index contributed by atoms with van der Waals surface area (Å²) in [5.41, 5.74) is 2.09. The third kappa shape index (κ3) is 3.83. The summed E-state index contributed by atoms with van der Waals surface area (Å²) in [6.45, 7) is 6.29. The largest absolute Gasteiger partial charge is 0.342 e. The molecule has 4 rings (SSSR count). The summed E-state index contributed by atoms with van der Waals surface area (Å²) >= 11 is 0. The van der Waals surface area contributed by atoms with E-state index in [1.807, 2.05) is 35.2 Å². The molecule has 2 aromatic carbocycles. The maximum absolute atomic E-state index is 14.0. The lowest BCUT2D eigenvalue weighted by atomic mass is 9.67. The van der Waals surface area contributed by atoms with Crippen LogP contribution in [0.5, 0.6) is 0 Å². The van der Waals surface area contributed by atoms with Crippen LogP contribution in [0.2, 0.25) is 0 Å². The molecule has 0 aliphatic carbocycles. The quantitative estimate of drug-likeness (QED) is 0.783. The molecule has 148 valence electrons. The lowest BCUT2D eigenvalue weighted by Crippen LogP contribution is -2.53. The molecule has 2 fully saturated rings. The van der Waals surface area contributed by atoms with Crippen molar-refractivity contribution in [1.29, 1.82) is 0 Å². The van der Waals surface area contributed by atoms with Crippen LogP contribution in [-0.4, -0.2) is 41.9 Å². The lowest BCUT2D eigenvalue weighted by Gasteiger charge is -2.50. The van der Waals surface area contributed by atoms with E-state index in [9.17, 15) is 9.18 Å². The van der Waals surface area contributed by atoms with Crippen molar-refractivity contribution in [3.63, 3.8) is 0 Å². The summed E-state index contributed by atoms with van der Waals surface area (Å²) in [5.74, 6) is 0.119. The van der Waals surface area contributed by atoms with Crippen molar-refractivity contribution in [2.45, 2.75) is 38.6 Å². The molecule has 3 nitrogen and oxygen atoms in total. The van der Waals surface area contributed by atoms with Crippen LogP contribution in [0.25, 0.3) is 0 Å². The Hall–Kier alpha value is -2.20. The highest BCUT2D eigenvalue weighted by Gasteiger charge is 2.45. The first kappa shape index (κ1) is 19.1. The van der Waals surface area contributed by atoms with E-state index in [1.54, 1.807) is 6.07 Å². The molecular formula is C24H29FN2O. The van der Waals surface area contributed by atoms with E-state index < -0.39 is 0 Å². The summed E-state index contributed by atoms with van der Waals surface area (Å²) in [6, 6.07) is 17.3. The van der Waals surface area contributed by atoms with Crippen LogP contribution in [-0.2, 0) is 11.3 Å². The number of carbonyl (C=O) groups is 1. The number of carbonyl (C=O) groups excluding carboxylic acids is 1. The minimum atomic E-state index is -0.118. The molecule has 2 aromatic rings. The zero-order valence-electron chi connectivity index (χ0n) is 16.6. The Morgan fingerprint density at radius 1 is 1.04 bits per heavy atom. The summed E-state index contributed by atoms with van der Waals surface area (Å²) in [5, 5.41) is 0. The highest BCUT2D eigenvalue weighted by Crippen LogP contribution is 2.45. The molecule has 28 heavy (non-hydrogen) atoms. The van der Waals surface area contributed by atoms with Gasteiger partial charge in [-0.2, -0.15) is 0 Å². The normalized spacial score (nSPS) is 22.6. The number of halogens is 1. The Bertz CT molecular complexity index is 814. The summed E-state index contributed by atoms with van der Waals surface area (Å²) < 4.78 is 14.0. The van der Waals surface area contributed by atoms with Gasteiger partial charge in [-0.15, -0.1) is 0 Å². The van der Waals surface area contributed by atoms with Gasteiger partial charge in [0.15, 0.2) is 0 Å². The second kappa shape index (κ2) is 8.04. The van der Waals surface area contributed by atoms with Crippen molar-refractivity contribution in [3.05, 3.63) is 71.5 Å². The Morgan fingerprint density at radius 2 is 1.71 bits per heavy atom. The number of nitrogens with zero attached hydrogens (tertiary/aromatic N) is 2. The number of rotatable bonds is 4. The summed E-state index contributed by atoms with van der Waals surface area (Å²) in [6.07, 6.45) is 3.06. The molecule has 2 aliphatic rings. The predicted molar refractivity (Wildman–Crippen MR) is 109 cm³/mol. The first-order valence-corrected chi connectivity index (χ1v) is 10.4. The van der Waals surface area contributed by atoms with Crippen molar-refractivity contribution >= 4 is 5.91 Å².